The molecule has 34 heavy (non-hydrogen) atoms. The van der Waals surface area contributed by atoms with E-state index in [9.17, 15) is 0 Å². The molecule has 0 spiro atoms. The lowest BCUT2D eigenvalue weighted by Crippen LogP contribution is -2.02. The fourth-order valence-corrected chi connectivity index (χ4v) is 3.63. The van der Waals surface area contributed by atoms with Crippen LogP contribution in [0.1, 0.15) is 35.4 Å². The number of nitrogens with zero attached hydrogens (tertiary/aromatic N) is 2. The van der Waals surface area contributed by atoms with Gasteiger partial charge in [0, 0.05) is 17.8 Å². The van der Waals surface area contributed by atoms with Crippen molar-refractivity contribution < 1.29 is 18.9 Å². The largest absolute Gasteiger partial charge is 0.496 e. The van der Waals surface area contributed by atoms with Gasteiger partial charge in [0.05, 0.1) is 24.2 Å². The molecule has 5 rings (SSSR count). The van der Waals surface area contributed by atoms with Crippen molar-refractivity contribution in [3.63, 3.8) is 0 Å². The summed E-state index contributed by atoms with van der Waals surface area (Å²) in [6, 6.07) is 13.6. The fraction of sp³-hybridized carbons (Fsp3) is 0.185. The number of rotatable bonds is 8. The number of aliphatic imine (C=N–C) groups is 1. The van der Waals surface area contributed by atoms with Crippen LogP contribution in [0.15, 0.2) is 59.2 Å². The summed E-state index contributed by atoms with van der Waals surface area (Å²) in [6.07, 6.45) is 13.9. The highest BCUT2D eigenvalue weighted by molar-refractivity contribution is 5.74. The van der Waals surface area contributed by atoms with Crippen LogP contribution in [0.5, 0.6) is 23.0 Å². The number of methoxy groups -OCH3 is 1. The van der Waals surface area contributed by atoms with E-state index in [0.717, 1.165) is 64.1 Å². The monoisotopic (exact) mass is 455 g/mol. The third-order valence-corrected chi connectivity index (χ3v) is 5.43. The Morgan fingerprint density at radius 1 is 0.971 bits per heavy atom. The topological polar surface area (TPSA) is 78.0 Å². The summed E-state index contributed by atoms with van der Waals surface area (Å²) in [5.41, 5.74) is 4.62. The molecule has 1 N–H and O–H groups in total. The number of benzene rings is 2. The predicted octanol–water partition coefficient (Wildman–Crippen LogP) is 5.62. The van der Waals surface area contributed by atoms with Crippen LogP contribution < -0.4 is 18.9 Å². The highest BCUT2D eigenvalue weighted by Gasteiger charge is 2.12. The van der Waals surface area contributed by atoms with Crippen molar-refractivity contribution in [2.45, 2.75) is 12.8 Å². The molecule has 0 aliphatic carbocycles. The Morgan fingerprint density at radius 3 is 2.79 bits per heavy atom. The van der Waals surface area contributed by atoms with Crippen LogP contribution in [-0.2, 0) is 0 Å². The smallest absolute Gasteiger partial charge is 0.231 e. The first-order chi connectivity index (χ1) is 16.8. The molecule has 0 saturated carbocycles. The zero-order valence-electron chi connectivity index (χ0n) is 18.9. The molecular formula is C27H25N3O4. The summed E-state index contributed by atoms with van der Waals surface area (Å²) >= 11 is 0. The van der Waals surface area contributed by atoms with Gasteiger partial charge in [-0.2, -0.15) is 5.10 Å². The lowest BCUT2D eigenvalue weighted by molar-refractivity contribution is 0.174. The van der Waals surface area contributed by atoms with Gasteiger partial charge in [0.2, 0.25) is 6.79 Å². The van der Waals surface area contributed by atoms with Crippen molar-refractivity contribution in [3.05, 3.63) is 76.8 Å². The molecule has 172 valence electrons. The maximum absolute atomic E-state index is 5.87. The fourth-order valence-electron chi connectivity index (χ4n) is 3.63. The van der Waals surface area contributed by atoms with E-state index in [1.807, 2.05) is 73.0 Å². The van der Waals surface area contributed by atoms with Gasteiger partial charge in [-0.15, -0.1) is 0 Å². The molecule has 0 bridgehead atoms. The first-order valence-electron chi connectivity index (χ1n) is 11.1. The lowest BCUT2D eigenvalue weighted by atomic mass is 10.1. The average Bonchev–Trinajstić information content (AvgIpc) is 3.55. The van der Waals surface area contributed by atoms with Crippen molar-refractivity contribution in [3.8, 4) is 23.0 Å². The zero-order chi connectivity index (χ0) is 23.2. The summed E-state index contributed by atoms with van der Waals surface area (Å²) in [4.78, 5) is 4.36. The Bertz CT molecular complexity index is 1290. The van der Waals surface area contributed by atoms with E-state index in [-0.39, 0.29) is 6.79 Å². The minimum Gasteiger partial charge on any atom is -0.496 e. The molecule has 0 unspecified atom stereocenters. The van der Waals surface area contributed by atoms with Gasteiger partial charge in [0.1, 0.15) is 18.1 Å². The first-order valence-corrected chi connectivity index (χ1v) is 11.1. The Labute approximate surface area is 198 Å². The molecule has 3 heterocycles. The molecule has 3 aromatic rings. The van der Waals surface area contributed by atoms with Gasteiger partial charge in [-0.1, -0.05) is 18.2 Å². The van der Waals surface area contributed by atoms with Crippen LogP contribution in [0.2, 0.25) is 0 Å². The number of aromatic nitrogens is 2. The third kappa shape index (κ3) is 5.20. The summed E-state index contributed by atoms with van der Waals surface area (Å²) in [6.45, 7) is 0.720. The minimum absolute atomic E-state index is 0.270. The second-order valence-corrected chi connectivity index (χ2v) is 7.80. The molecule has 2 aliphatic rings. The van der Waals surface area contributed by atoms with E-state index >= 15 is 0 Å². The number of hydrogen-bond donors (Lipinski definition) is 1. The van der Waals surface area contributed by atoms with E-state index in [2.05, 4.69) is 21.3 Å². The first kappa shape index (κ1) is 21.6. The van der Waals surface area contributed by atoms with E-state index in [1.54, 1.807) is 7.11 Å². The van der Waals surface area contributed by atoms with Gasteiger partial charge in [0.25, 0.3) is 0 Å². The number of aromatic amines is 1. The zero-order valence-corrected chi connectivity index (χ0v) is 18.9. The number of hydrogen-bond acceptors (Lipinski definition) is 6. The van der Waals surface area contributed by atoms with E-state index in [0.29, 0.717) is 6.61 Å². The maximum Gasteiger partial charge on any atom is 0.231 e. The van der Waals surface area contributed by atoms with Crippen LogP contribution in [0.25, 0.3) is 24.3 Å². The molecule has 0 atom stereocenters. The molecule has 2 aliphatic heterocycles. The van der Waals surface area contributed by atoms with Gasteiger partial charge in [0.15, 0.2) is 11.5 Å². The standard InChI is InChI=1S/C27H25N3O4/c1-31-26-16-24(32-17-23-4-2-3-13-28-23)11-8-20(26)7-10-22-15-21(29-30-22)9-5-19-6-12-25-27(14-19)34-18-33-25/h4-16H,2-3,17-18H2,1H3,(H,29,30)/b9-5+,10-7+. The summed E-state index contributed by atoms with van der Waals surface area (Å²) in [5.74, 6) is 3.01. The SMILES string of the molecule is COc1cc(OCC2=CCCC=N2)ccc1/C=C/c1cc(/C=C/c2ccc3c(c2)OCO3)[nH]n1. The number of nitrogens with one attached hydrogen (secondary N) is 1. The highest BCUT2D eigenvalue weighted by Crippen LogP contribution is 2.33. The molecular weight excluding hydrogens is 430 g/mol. The Kier molecular flexibility index (Phi) is 6.42. The van der Waals surface area contributed by atoms with Gasteiger partial charge >= 0.3 is 0 Å². The van der Waals surface area contributed by atoms with Crippen LogP contribution in [0.3, 0.4) is 0 Å². The van der Waals surface area contributed by atoms with E-state index < -0.39 is 0 Å². The number of allylic oxidation sites excluding steroid dienone is 1. The van der Waals surface area contributed by atoms with Crippen molar-refractivity contribution in [2.24, 2.45) is 4.99 Å². The van der Waals surface area contributed by atoms with E-state index in [4.69, 9.17) is 18.9 Å². The molecule has 0 fully saturated rings. The molecule has 0 saturated heterocycles. The normalized spacial score (nSPS) is 14.7. The summed E-state index contributed by atoms with van der Waals surface area (Å²) < 4.78 is 22.2. The van der Waals surface area contributed by atoms with Crippen molar-refractivity contribution in [1.29, 1.82) is 0 Å². The second-order valence-electron chi connectivity index (χ2n) is 7.80. The second kappa shape index (κ2) is 10.1. The Morgan fingerprint density at radius 2 is 1.91 bits per heavy atom. The molecule has 0 amide bonds. The number of ether oxygens (including phenoxy) is 4. The van der Waals surface area contributed by atoms with Crippen LogP contribution in [0, 0.1) is 0 Å². The summed E-state index contributed by atoms with van der Waals surface area (Å²) in [5, 5.41) is 7.40. The van der Waals surface area contributed by atoms with Crippen LogP contribution >= 0.6 is 0 Å². The van der Waals surface area contributed by atoms with Crippen molar-refractivity contribution >= 4 is 30.5 Å². The minimum atomic E-state index is 0.270. The maximum atomic E-state index is 5.87. The quantitative estimate of drug-likeness (QED) is 0.477. The summed E-state index contributed by atoms with van der Waals surface area (Å²) in [7, 11) is 1.65. The number of fused-ring (bicyclic) bond motifs is 1. The Balaban J connectivity index is 1.22. The lowest BCUT2D eigenvalue weighted by Gasteiger charge is -2.11. The molecule has 0 radical (unpaired) electrons. The Hall–Kier alpha value is -4.26. The van der Waals surface area contributed by atoms with Crippen molar-refractivity contribution in [1.82, 2.24) is 10.2 Å². The van der Waals surface area contributed by atoms with Crippen LogP contribution in [-0.4, -0.2) is 36.9 Å². The van der Waals surface area contributed by atoms with Crippen LogP contribution in [0.4, 0.5) is 0 Å². The van der Waals surface area contributed by atoms with E-state index in [1.165, 1.54) is 0 Å². The number of H-pyrrole nitrogens is 1. The molecule has 2 aromatic carbocycles. The van der Waals surface area contributed by atoms with Crippen molar-refractivity contribution in [2.75, 3.05) is 20.5 Å². The molecule has 7 heteroatoms. The predicted molar refractivity (Wildman–Crippen MR) is 133 cm³/mol. The third-order valence-electron chi connectivity index (χ3n) is 5.43. The highest BCUT2D eigenvalue weighted by atomic mass is 16.7. The van der Waals surface area contributed by atoms with Gasteiger partial charge in [-0.25, -0.2) is 0 Å². The average molecular weight is 456 g/mol. The van der Waals surface area contributed by atoms with Gasteiger partial charge in [-0.05, 0) is 67.0 Å². The van der Waals surface area contributed by atoms with Gasteiger partial charge < -0.3 is 18.9 Å². The molecule has 7 nitrogen and oxygen atoms in total. The molecule has 1 aromatic heterocycles. The van der Waals surface area contributed by atoms with Gasteiger partial charge in [-0.3, -0.25) is 10.1 Å².